The summed E-state index contributed by atoms with van der Waals surface area (Å²) >= 11 is 0. The van der Waals surface area contributed by atoms with Gasteiger partial charge in [0.15, 0.2) is 0 Å². The van der Waals surface area contributed by atoms with Gasteiger partial charge in [-0.1, -0.05) is 24.3 Å². The van der Waals surface area contributed by atoms with E-state index in [1.54, 1.807) is 0 Å². The zero-order chi connectivity index (χ0) is 17.1. The fourth-order valence-electron chi connectivity index (χ4n) is 3.79. The number of benzene rings is 2. The van der Waals surface area contributed by atoms with Crippen molar-refractivity contribution in [2.45, 2.75) is 33.4 Å². The third kappa shape index (κ3) is 1.94. The van der Waals surface area contributed by atoms with Crippen LogP contribution in [0.5, 0.6) is 0 Å². The molecule has 0 fully saturated rings. The molecule has 0 aliphatic carbocycles. The Hall–Kier alpha value is -2.55. The van der Waals surface area contributed by atoms with Crippen LogP contribution in [0.4, 0.5) is 5.69 Å². The highest BCUT2D eigenvalue weighted by Crippen LogP contribution is 2.41. The maximum Gasteiger partial charge on any atom is 0.110 e. The predicted molar refractivity (Wildman–Crippen MR) is 102 cm³/mol. The lowest BCUT2D eigenvalue weighted by atomic mass is 9.95. The van der Waals surface area contributed by atoms with Gasteiger partial charge in [0.1, 0.15) is 5.66 Å². The molecule has 2 aromatic carbocycles. The maximum absolute atomic E-state index is 4.67. The predicted octanol–water partition coefficient (Wildman–Crippen LogP) is 4.96. The average Bonchev–Trinajstić information content (AvgIpc) is 2.81. The van der Waals surface area contributed by atoms with Crippen LogP contribution in [-0.2, 0) is 0 Å². The van der Waals surface area contributed by atoms with Crippen LogP contribution in [0.2, 0.25) is 0 Å². The summed E-state index contributed by atoms with van der Waals surface area (Å²) in [5.74, 6) is 0. The molecule has 0 atom stereocenters. The van der Waals surface area contributed by atoms with Crippen molar-refractivity contribution in [2.75, 3.05) is 11.9 Å². The van der Waals surface area contributed by atoms with Crippen LogP contribution < -0.4 is 4.90 Å². The molecule has 0 spiro atoms. The number of aromatic nitrogens is 1. The molecule has 0 unspecified atom stereocenters. The normalized spacial score (nSPS) is 16.5. The first-order valence-corrected chi connectivity index (χ1v) is 8.39. The molecule has 0 saturated heterocycles. The van der Waals surface area contributed by atoms with E-state index in [-0.39, 0.29) is 5.66 Å². The molecule has 3 nitrogen and oxygen atoms in total. The summed E-state index contributed by atoms with van der Waals surface area (Å²) in [6, 6.07) is 10.8. The molecule has 4 rings (SSSR count). The molecule has 1 aliphatic heterocycles. The smallest absolute Gasteiger partial charge is 0.110 e. The van der Waals surface area contributed by atoms with Gasteiger partial charge in [-0.2, -0.15) is 0 Å². The summed E-state index contributed by atoms with van der Waals surface area (Å²) in [6.07, 6.45) is 6.21. The molecule has 3 heteroatoms. The van der Waals surface area contributed by atoms with Crippen LogP contribution in [-0.4, -0.2) is 22.6 Å². The number of hydrogen-bond acceptors (Lipinski definition) is 3. The van der Waals surface area contributed by atoms with Gasteiger partial charge in [0.2, 0.25) is 0 Å². The fourth-order valence-corrected chi connectivity index (χ4v) is 3.79. The molecule has 24 heavy (non-hydrogen) atoms. The van der Waals surface area contributed by atoms with Gasteiger partial charge >= 0.3 is 0 Å². The molecule has 0 saturated carbocycles. The van der Waals surface area contributed by atoms with E-state index in [0.717, 1.165) is 5.52 Å². The number of fused-ring (bicyclic) bond motifs is 3. The van der Waals surface area contributed by atoms with E-state index in [1.165, 1.54) is 33.0 Å². The van der Waals surface area contributed by atoms with E-state index in [4.69, 9.17) is 0 Å². The molecule has 0 bridgehead atoms. The Morgan fingerprint density at radius 3 is 2.50 bits per heavy atom. The first-order chi connectivity index (χ1) is 11.4. The van der Waals surface area contributed by atoms with Gasteiger partial charge in [0, 0.05) is 41.8 Å². The van der Waals surface area contributed by atoms with Crippen molar-refractivity contribution in [2.24, 2.45) is 0 Å². The van der Waals surface area contributed by atoms with E-state index < -0.39 is 0 Å². The zero-order valence-electron chi connectivity index (χ0n) is 15.0. The molecular formula is C21H23N3. The Balaban J connectivity index is 2.10. The topological polar surface area (TPSA) is 19.4 Å². The van der Waals surface area contributed by atoms with Crippen molar-refractivity contribution in [3.8, 4) is 0 Å². The number of rotatable bonds is 1. The Bertz CT molecular complexity index is 985. The van der Waals surface area contributed by atoms with E-state index >= 15 is 0 Å². The first-order valence-electron chi connectivity index (χ1n) is 8.39. The molecule has 0 radical (unpaired) electrons. The Morgan fingerprint density at radius 1 is 1.00 bits per heavy atom. The summed E-state index contributed by atoms with van der Waals surface area (Å²) in [6.45, 7) is 8.88. The highest BCUT2D eigenvalue weighted by Gasteiger charge is 2.34. The third-order valence-electron chi connectivity index (χ3n) is 5.36. The van der Waals surface area contributed by atoms with Crippen molar-refractivity contribution in [1.82, 2.24) is 9.88 Å². The molecule has 3 aromatic rings. The van der Waals surface area contributed by atoms with Crippen LogP contribution >= 0.6 is 0 Å². The van der Waals surface area contributed by atoms with Crippen LogP contribution in [0.15, 0.2) is 48.9 Å². The molecule has 1 aliphatic rings. The quantitative estimate of drug-likeness (QED) is 0.591. The van der Waals surface area contributed by atoms with E-state index in [1.807, 2.05) is 12.3 Å². The fraction of sp³-hybridized carbons (Fsp3) is 0.286. The number of anilines is 1. The van der Waals surface area contributed by atoms with E-state index in [2.05, 4.69) is 86.2 Å². The lowest BCUT2D eigenvalue weighted by molar-refractivity contribution is 0.253. The molecule has 1 aromatic heterocycles. The van der Waals surface area contributed by atoms with E-state index in [9.17, 15) is 0 Å². The van der Waals surface area contributed by atoms with Gasteiger partial charge < -0.3 is 9.80 Å². The minimum atomic E-state index is -0.0912. The molecule has 0 N–H and O–H groups in total. The Kier molecular flexibility index (Phi) is 3.11. The SMILES string of the molecule is Cc1cc(C)c2c(ccc3cccnc32)c1N1C=CN(C)C1(C)C. The number of pyridine rings is 1. The van der Waals surface area contributed by atoms with Crippen LogP contribution in [0.1, 0.15) is 25.0 Å². The summed E-state index contributed by atoms with van der Waals surface area (Å²) in [5.41, 5.74) is 4.84. The van der Waals surface area contributed by atoms with Gasteiger partial charge in [-0.3, -0.25) is 4.98 Å². The first kappa shape index (κ1) is 15.0. The largest absolute Gasteiger partial charge is 0.357 e. The lowest BCUT2D eigenvalue weighted by Crippen LogP contribution is -2.47. The molecule has 122 valence electrons. The summed E-state index contributed by atoms with van der Waals surface area (Å²) in [5, 5.41) is 3.72. The van der Waals surface area contributed by atoms with Crippen molar-refractivity contribution in [3.05, 3.63) is 60.1 Å². The molecular weight excluding hydrogens is 294 g/mol. The minimum absolute atomic E-state index is 0.0912. The Morgan fingerprint density at radius 2 is 1.79 bits per heavy atom. The highest BCUT2D eigenvalue weighted by atomic mass is 15.4. The van der Waals surface area contributed by atoms with Crippen molar-refractivity contribution in [3.63, 3.8) is 0 Å². The monoisotopic (exact) mass is 317 g/mol. The van der Waals surface area contributed by atoms with Gasteiger partial charge in [0.05, 0.1) is 11.2 Å². The van der Waals surface area contributed by atoms with Crippen molar-refractivity contribution >= 4 is 27.4 Å². The average molecular weight is 317 g/mol. The molecule has 0 amide bonds. The number of aryl methyl sites for hydroxylation is 2. The second-order valence-corrected chi connectivity index (χ2v) is 7.20. The molecule has 2 heterocycles. The van der Waals surface area contributed by atoms with Crippen LogP contribution in [0.25, 0.3) is 21.7 Å². The van der Waals surface area contributed by atoms with Crippen LogP contribution in [0.3, 0.4) is 0 Å². The van der Waals surface area contributed by atoms with Gasteiger partial charge in [-0.15, -0.1) is 0 Å². The Labute approximate surface area is 143 Å². The highest BCUT2D eigenvalue weighted by molar-refractivity contribution is 6.12. The second kappa shape index (κ2) is 4.97. The van der Waals surface area contributed by atoms with Crippen molar-refractivity contribution in [1.29, 1.82) is 0 Å². The summed E-state index contributed by atoms with van der Waals surface area (Å²) < 4.78 is 0. The van der Waals surface area contributed by atoms with E-state index in [0.29, 0.717) is 0 Å². The number of nitrogens with zero attached hydrogens (tertiary/aromatic N) is 3. The van der Waals surface area contributed by atoms with Gasteiger partial charge in [-0.05, 0) is 44.9 Å². The standard InChI is InChI=1S/C21H23N3/c1-14-13-15(2)20(24-12-11-23(5)21(24,3)4)17-9-8-16-7-6-10-22-19(16)18(14)17/h6-13H,1-5H3. The maximum atomic E-state index is 4.67. The lowest BCUT2D eigenvalue weighted by Gasteiger charge is -2.39. The van der Waals surface area contributed by atoms with Crippen molar-refractivity contribution < 1.29 is 0 Å². The van der Waals surface area contributed by atoms with Gasteiger partial charge in [0.25, 0.3) is 0 Å². The summed E-state index contributed by atoms with van der Waals surface area (Å²) in [7, 11) is 2.12. The van der Waals surface area contributed by atoms with Gasteiger partial charge in [-0.25, -0.2) is 0 Å². The summed E-state index contributed by atoms with van der Waals surface area (Å²) in [4.78, 5) is 9.29. The second-order valence-electron chi connectivity index (χ2n) is 7.20. The number of hydrogen-bond donors (Lipinski definition) is 0. The van der Waals surface area contributed by atoms with Crippen LogP contribution in [0, 0.1) is 13.8 Å². The zero-order valence-corrected chi connectivity index (χ0v) is 15.0. The minimum Gasteiger partial charge on any atom is -0.357 e. The third-order valence-corrected chi connectivity index (χ3v) is 5.36.